The second-order valence-corrected chi connectivity index (χ2v) is 6.40. The topological polar surface area (TPSA) is 72.5 Å². The number of aryl methyl sites for hydroxylation is 2. The molecule has 1 atom stereocenters. The molecular formula is C18H19NO4S. The molecule has 0 aliphatic rings. The van der Waals surface area contributed by atoms with Gasteiger partial charge in [0.15, 0.2) is 6.10 Å². The van der Waals surface area contributed by atoms with E-state index in [0.717, 1.165) is 11.1 Å². The summed E-state index contributed by atoms with van der Waals surface area (Å²) in [6.07, 6.45) is -0.904. The maximum Gasteiger partial charge on any atom is 0.326 e. The van der Waals surface area contributed by atoms with Crippen molar-refractivity contribution in [2.75, 3.05) is 6.54 Å². The zero-order valence-corrected chi connectivity index (χ0v) is 14.6. The minimum atomic E-state index is -0.904. The smallest absolute Gasteiger partial charge is 0.326 e. The molecule has 1 N–H and O–H groups in total. The predicted molar refractivity (Wildman–Crippen MR) is 92.5 cm³/mol. The molecule has 2 rings (SSSR count). The minimum absolute atomic E-state index is 0.268. The Hall–Kier alpha value is -2.47. The Kier molecular flexibility index (Phi) is 5.87. The van der Waals surface area contributed by atoms with Crippen LogP contribution in [0.3, 0.4) is 0 Å². The van der Waals surface area contributed by atoms with Gasteiger partial charge in [0.05, 0.1) is 4.88 Å². The molecule has 2 aromatic rings. The lowest BCUT2D eigenvalue weighted by Crippen LogP contribution is -2.33. The quantitative estimate of drug-likeness (QED) is 0.645. The highest BCUT2D eigenvalue weighted by molar-refractivity contribution is 7.12. The molecule has 0 saturated heterocycles. The van der Waals surface area contributed by atoms with Crippen molar-refractivity contribution in [2.24, 2.45) is 0 Å². The molecule has 0 aliphatic carbocycles. The third-order valence-corrected chi connectivity index (χ3v) is 4.48. The number of Topliss-reactive ketones (excluding diaryl/α,β-unsaturated/α-hetero) is 1. The number of rotatable bonds is 6. The van der Waals surface area contributed by atoms with E-state index in [1.165, 1.54) is 18.3 Å². The van der Waals surface area contributed by atoms with E-state index in [4.69, 9.17) is 4.74 Å². The molecule has 5 nitrogen and oxygen atoms in total. The van der Waals surface area contributed by atoms with Crippen LogP contribution in [0.4, 0.5) is 0 Å². The van der Waals surface area contributed by atoms with Crippen LogP contribution in [0.2, 0.25) is 0 Å². The summed E-state index contributed by atoms with van der Waals surface area (Å²) in [5, 5.41) is 4.25. The number of nitrogens with one attached hydrogen (secondary N) is 1. The number of benzene rings is 1. The van der Waals surface area contributed by atoms with Crippen LogP contribution in [0.25, 0.3) is 0 Å². The second kappa shape index (κ2) is 7.88. The molecule has 0 bridgehead atoms. The molecule has 24 heavy (non-hydrogen) atoms. The normalized spacial score (nSPS) is 11.6. The van der Waals surface area contributed by atoms with Crippen molar-refractivity contribution in [3.8, 4) is 0 Å². The molecule has 1 aromatic heterocycles. The van der Waals surface area contributed by atoms with E-state index in [9.17, 15) is 14.4 Å². The van der Waals surface area contributed by atoms with Gasteiger partial charge < -0.3 is 10.1 Å². The lowest BCUT2D eigenvalue weighted by atomic mass is 10.0. The van der Waals surface area contributed by atoms with E-state index >= 15 is 0 Å². The minimum Gasteiger partial charge on any atom is -0.453 e. The van der Waals surface area contributed by atoms with E-state index in [2.05, 4.69) is 5.32 Å². The third-order valence-electron chi connectivity index (χ3n) is 3.61. The number of hydrogen-bond acceptors (Lipinski definition) is 5. The lowest BCUT2D eigenvalue weighted by molar-refractivity contribution is -0.145. The van der Waals surface area contributed by atoms with Gasteiger partial charge in [-0.1, -0.05) is 18.2 Å². The van der Waals surface area contributed by atoms with Crippen molar-refractivity contribution >= 4 is 29.0 Å². The summed E-state index contributed by atoms with van der Waals surface area (Å²) >= 11 is 1.28. The number of ether oxygens (including phenoxy) is 1. The van der Waals surface area contributed by atoms with E-state index in [-0.39, 0.29) is 18.2 Å². The highest BCUT2D eigenvalue weighted by Crippen LogP contribution is 2.13. The van der Waals surface area contributed by atoms with Crippen molar-refractivity contribution in [2.45, 2.75) is 26.9 Å². The molecule has 0 aliphatic heterocycles. The van der Waals surface area contributed by atoms with Gasteiger partial charge in [0, 0.05) is 5.56 Å². The molecule has 126 valence electrons. The second-order valence-electron chi connectivity index (χ2n) is 5.46. The summed E-state index contributed by atoms with van der Waals surface area (Å²) in [5.41, 5.74) is 2.59. The Balaban J connectivity index is 1.87. The van der Waals surface area contributed by atoms with Crippen molar-refractivity contribution in [3.63, 3.8) is 0 Å². The number of esters is 1. The predicted octanol–water partition coefficient (Wildman–Crippen LogP) is 2.91. The fourth-order valence-electron chi connectivity index (χ4n) is 2.07. The largest absolute Gasteiger partial charge is 0.453 e. The SMILES string of the molecule is Cc1ccc(C(=O)[C@@H](C)OC(=O)CNC(=O)c2cccs2)cc1C. The van der Waals surface area contributed by atoms with Gasteiger partial charge >= 0.3 is 5.97 Å². The van der Waals surface area contributed by atoms with Gasteiger partial charge in [-0.3, -0.25) is 14.4 Å². The maximum absolute atomic E-state index is 12.3. The Morgan fingerprint density at radius 3 is 2.54 bits per heavy atom. The molecular weight excluding hydrogens is 326 g/mol. The van der Waals surface area contributed by atoms with Gasteiger partial charge in [0.1, 0.15) is 6.54 Å². The van der Waals surface area contributed by atoms with E-state index in [1.54, 1.807) is 29.6 Å². The molecule has 1 aromatic carbocycles. The van der Waals surface area contributed by atoms with Gasteiger partial charge in [0.2, 0.25) is 5.78 Å². The van der Waals surface area contributed by atoms with E-state index in [0.29, 0.717) is 10.4 Å². The van der Waals surface area contributed by atoms with Crippen LogP contribution in [0.5, 0.6) is 0 Å². The maximum atomic E-state index is 12.3. The summed E-state index contributed by atoms with van der Waals surface area (Å²) in [4.78, 5) is 36.4. The fraction of sp³-hybridized carbons (Fsp3) is 0.278. The van der Waals surface area contributed by atoms with Gasteiger partial charge in [-0.15, -0.1) is 11.3 Å². The highest BCUT2D eigenvalue weighted by Gasteiger charge is 2.20. The first-order valence-corrected chi connectivity index (χ1v) is 8.39. The van der Waals surface area contributed by atoms with Crippen LogP contribution in [-0.2, 0) is 9.53 Å². The molecule has 1 heterocycles. The van der Waals surface area contributed by atoms with Crippen molar-refractivity contribution in [1.29, 1.82) is 0 Å². The first-order valence-electron chi connectivity index (χ1n) is 7.51. The first-order chi connectivity index (χ1) is 11.4. The van der Waals surface area contributed by atoms with Crippen molar-refractivity contribution in [1.82, 2.24) is 5.32 Å². The van der Waals surface area contributed by atoms with Crippen LogP contribution in [-0.4, -0.2) is 30.3 Å². The summed E-state index contributed by atoms with van der Waals surface area (Å²) in [6.45, 7) is 5.13. The zero-order valence-electron chi connectivity index (χ0n) is 13.8. The van der Waals surface area contributed by atoms with Crippen LogP contribution >= 0.6 is 11.3 Å². The summed E-state index contributed by atoms with van der Waals surface area (Å²) in [6, 6.07) is 8.77. The van der Waals surface area contributed by atoms with Gasteiger partial charge in [0.25, 0.3) is 5.91 Å². The van der Waals surface area contributed by atoms with E-state index < -0.39 is 12.1 Å². The molecule has 1 amide bonds. The first kappa shape index (κ1) is 17.9. The van der Waals surface area contributed by atoms with E-state index in [1.807, 2.05) is 19.9 Å². The summed E-state index contributed by atoms with van der Waals surface area (Å²) in [5.74, 6) is -1.25. The van der Waals surface area contributed by atoms with Crippen LogP contribution in [0.1, 0.15) is 38.1 Å². The number of hydrogen-bond donors (Lipinski definition) is 1. The molecule has 0 fully saturated rings. The average Bonchev–Trinajstić information content (AvgIpc) is 3.09. The molecule has 0 unspecified atom stereocenters. The Morgan fingerprint density at radius 1 is 1.17 bits per heavy atom. The molecule has 0 spiro atoms. The zero-order chi connectivity index (χ0) is 17.7. The van der Waals surface area contributed by atoms with Crippen LogP contribution < -0.4 is 5.32 Å². The van der Waals surface area contributed by atoms with Gasteiger partial charge in [-0.25, -0.2) is 0 Å². The summed E-state index contributed by atoms with van der Waals surface area (Å²) < 4.78 is 5.10. The van der Waals surface area contributed by atoms with Crippen molar-refractivity contribution in [3.05, 3.63) is 57.3 Å². The fourth-order valence-corrected chi connectivity index (χ4v) is 2.71. The molecule has 0 saturated carbocycles. The number of thiophene rings is 1. The standard InChI is InChI=1S/C18H19NO4S/c1-11-6-7-14(9-12(11)2)17(21)13(3)23-16(20)10-19-18(22)15-5-4-8-24-15/h4-9,13H,10H2,1-3H3,(H,19,22)/t13-/m1/s1. The highest BCUT2D eigenvalue weighted by atomic mass is 32.1. The third kappa shape index (κ3) is 4.52. The summed E-state index contributed by atoms with van der Waals surface area (Å²) in [7, 11) is 0. The number of carbonyl (C=O) groups is 3. The Bertz CT molecular complexity index is 752. The lowest BCUT2D eigenvalue weighted by Gasteiger charge is -2.13. The Labute approximate surface area is 144 Å². The number of ketones is 1. The Morgan fingerprint density at radius 2 is 1.92 bits per heavy atom. The number of carbonyl (C=O) groups excluding carboxylic acids is 3. The van der Waals surface area contributed by atoms with Gasteiger partial charge in [-0.2, -0.15) is 0 Å². The average molecular weight is 345 g/mol. The van der Waals surface area contributed by atoms with Crippen LogP contribution in [0.15, 0.2) is 35.7 Å². The monoisotopic (exact) mass is 345 g/mol. The van der Waals surface area contributed by atoms with Crippen molar-refractivity contribution < 1.29 is 19.1 Å². The van der Waals surface area contributed by atoms with Crippen LogP contribution in [0, 0.1) is 13.8 Å². The van der Waals surface area contributed by atoms with Gasteiger partial charge in [-0.05, 0) is 49.4 Å². The number of amides is 1. The molecule has 6 heteroatoms. The molecule has 0 radical (unpaired) electrons.